The summed E-state index contributed by atoms with van der Waals surface area (Å²) in [5, 5.41) is 9.02. The molecular weight excluding hydrogens is 637 g/mol. The predicted octanol–water partition coefficient (Wildman–Crippen LogP) is 8.50. The van der Waals surface area contributed by atoms with Gasteiger partial charge in [0.05, 0.1) is 21.1 Å². The minimum absolute atomic E-state index is 0.0147. The molecule has 0 fully saturated rings. The van der Waals surface area contributed by atoms with Crippen molar-refractivity contribution in [1.29, 1.82) is 0 Å². The van der Waals surface area contributed by atoms with Crippen LogP contribution in [0.25, 0.3) is 0 Å². The number of phosphoric ester groups is 1. The third-order valence-corrected chi connectivity index (χ3v) is 8.50. The quantitative estimate of drug-likeness (QED) is 0.0169. The molecule has 12 heteroatoms. The van der Waals surface area contributed by atoms with Crippen molar-refractivity contribution in [1.82, 2.24) is 0 Å². The van der Waals surface area contributed by atoms with Crippen LogP contribution < -0.4 is 4.89 Å². The molecule has 0 saturated carbocycles. The van der Waals surface area contributed by atoms with Crippen LogP contribution in [0.1, 0.15) is 168 Å². The summed E-state index contributed by atoms with van der Waals surface area (Å²) >= 11 is 0. The summed E-state index contributed by atoms with van der Waals surface area (Å²) < 4.78 is 25.2. The first-order valence-electron chi connectivity index (χ1n) is 18.9. The number of rotatable bonds is 33. The maximum atomic E-state index is 11.9. The topological polar surface area (TPSA) is 152 Å². The van der Waals surface area contributed by atoms with Gasteiger partial charge in [-0.1, -0.05) is 142 Å². The third kappa shape index (κ3) is 43.0. The van der Waals surface area contributed by atoms with Crippen LogP contribution in [0.3, 0.4) is 0 Å². The molecule has 0 aromatic heterocycles. The van der Waals surface area contributed by atoms with E-state index in [1.165, 1.54) is 103 Å². The Kier molecular flexibility index (Phi) is 35.1. The van der Waals surface area contributed by atoms with Gasteiger partial charge >= 0.3 is 11.9 Å². The summed E-state index contributed by atoms with van der Waals surface area (Å²) in [7, 11) is 1.19. The number of carbonyl (C=O) groups is 2. The molecule has 0 heterocycles. The predicted molar refractivity (Wildman–Crippen MR) is 190 cm³/mol. The van der Waals surface area contributed by atoms with Crippen molar-refractivity contribution in [3.05, 3.63) is 0 Å². The minimum atomic E-state index is -4.51. The lowest BCUT2D eigenvalue weighted by molar-refractivity contribution is -0.870. The van der Waals surface area contributed by atoms with E-state index in [-0.39, 0.29) is 31.8 Å². The normalized spacial score (nSPS) is 12.8. The molecule has 0 aliphatic rings. The molecule has 1 unspecified atom stereocenters. The molecule has 0 aromatic rings. The zero-order chi connectivity index (χ0) is 36.4. The Morgan fingerprint density at radius 2 is 0.938 bits per heavy atom. The molecule has 288 valence electrons. The van der Waals surface area contributed by atoms with Gasteiger partial charge in [0.2, 0.25) is 0 Å². The van der Waals surface area contributed by atoms with Crippen LogP contribution in [0.15, 0.2) is 0 Å². The number of hydrogen-bond donors (Lipinski definition) is 2. The number of likely N-dealkylation sites (N-methyl/N-ethyl adjacent to an activating group) is 1. The fourth-order valence-corrected chi connectivity index (χ4v) is 5.23. The second-order valence-electron chi connectivity index (χ2n) is 14.0. The van der Waals surface area contributed by atoms with Gasteiger partial charge in [0, 0.05) is 12.8 Å². The van der Waals surface area contributed by atoms with Crippen molar-refractivity contribution < 1.29 is 52.6 Å². The Morgan fingerprint density at radius 3 is 1.21 bits per heavy atom. The maximum Gasteiger partial charge on any atom is 0.305 e. The number of phosphoric acid groups is 1. The fourth-order valence-electron chi connectivity index (χ4n) is 4.92. The van der Waals surface area contributed by atoms with E-state index in [2.05, 4.69) is 23.3 Å². The van der Waals surface area contributed by atoms with Gasteiger partial charge in [-0.15, -0.1) is 0 Å². The number of quaternary nitrogens is 1. The monoisotopic (exact) mass is 712 g/mol. The lowest BCUT2D eigenvalue weighted by atomic mass is 10.1. The maximum absolute atomic E-state index is 11.9. The van der Waals surface area contributed by atoms with Gasteiger partial charge in [-0.25, -0.2) is 4.89 Å². The van der Waals surface area contributed by atoms with Crippen LogP contribution >= 0.6 is 7.82 Å². The van der Waals surface area contributed by atoms with Crippen molar-refractivity contribution >= 4 is 19.8 Å². The first-order chi connectivity index (χ1) is 22.8. The number of unbranched alkanes of at least 4 members (excludes halogenated alkanes) is 20. The highest BCUT2D eigenvalue weighted by Gasteiger charge is 2.16. The van der Waals surface area contributed by atoms with Crippen LogP contribution in [0.2, 0.25) is 0 Å². The lowest BCUT2D eigenvalue weighted by Crippen LogP contribution is -2.37. The van der Waals surface area contributed by atoms with E-state index in [9.17, 15) is 19.0 Å². The molecule has 0 saturated heterocycles. The number of hydrogen-bond acceptors (Lipinski definition) is 9. The molecule has 0 aliphatic heterocycles. The average Bonchev–Trinajstić information content (AvgIpc) is 3.01. The highest BCUT2D eigenvalue weighted by Crippen LogP contribution is 2.29. The molecule has 1 atom stereocenters. The zero-order valence-corrected chi connectivity index (χ0v) is 32.3. The summed E-state index contributed by atoms with van der Waals surface area (Å²) in [5.74, 6) is -0.601. The van der Waals surface area contributed by atoms with E-state index in [1.54, 1.807) is 0 Å². The van der Waals surface area contributed by atoms with Crippen molar-refractivity contribution in [3.63, 3.8) is 0 Å². The standard InChI is InChI=1S/C31H60O6.C5H14NO4P/c1-3-5-7-9-11-13-15-17-19-21-23-25-30(32)35-27-29(37-34)28-36-31(33)26-24-22-20-18-16-14-12-10-8-6-4-2;1-6(2,3)4-5-10-11(7,8)9/h29,34H,3-28H2,1-2H3;4-5H2,1-3H3,(H-,7,8,9). The first kappa shape index (κ1) is 49.0. The molecule has 0 bridgehead atoms. The lowest BCUT2D eigenvalue weighted by Gasteiger charge is -2.25. The van der Waals surface area contributed by atoms with Crippen molar-refractivity contribution in [2.75, 3.05) is 47.5 Å². The fraction of sp³-hybridized carbons (Fsp3) is 0.944. The summed E-state index contributed by atoms with van der Waals surface area (Å²) in [5.41, 5.74) is 0. The number of esters is 2. The van der Waals surface area contributed by atoms with Crippen molar-refractivity contribution in [2.24, 2.45) is 0 Å². The van der Waals surface area contributed by atoms with Crippen LogP contribution in [-0.2, 0) is 33.0 Å². The van der Waals surface area contributed by atoms with Gasteiger partial charge < -0.3 is 28.3 Å². The molecule has 0 spiro atoms. The van der Waals surface area contributed by atoms with E-state index in [0.717, 1.165) is 38.5 Å². The van der Waals surface area contributed by atoms with E-state index in [1.807, 2.05) is 21.1 Å². The second-order valence-corrected chi connectivity index (χ2v) is 15.2. The molecule has 11 nitrogen and oxygen atoms in total. The van der Waals surface area contributed by atoms with Gasteiger partial charge in [-0.2, -0.15) is 0 Å². The zero-order valence-electron chi connectivity index (χ0n) is 31.4. The van der Waals surface area contributed by atoms with Crippen LogP contribution in [0.4, 0.5) is 0 Å². The van der Waals surface area contributed by atoms with E-state index < -0.39 is 13.9 Å². The van der Waals surface area contributed by atoms with E-state index in [0.29, 0.717) is 23.9 Å². The molecule has 48 heavy (non-hydrogen) atoms. The Labute approximate surface area is 293 Å². The smallest absolute Gasteiger partial charge is 0.305 e. The summed E-state index contributed by atoms with van der Waals surface area (Å²) in [4.78, 5) is 46.4. The van der Waals surface area contributed by atoms with E-state index >= 15 is 0 Å². The largest absolute Gasteiger partial charge is 0.756 e. The summed E-state index contributed by atoms with van der Waals surface area (Å²) in [6.45, 7) is 4.81. The molecule has 0 rings (SSSR count). The van der Waals surface area contributed by atoms with Crippen LogP contribution in [0, 0.1) is 0 Å². The van der Waals surface area contributed by atoms with Gasteiger partial charge in [0.1, 0.15) is 26.4 Å². The highest BCUT2D eigenvalue weighted by molar-refractivity contribution is 7.44. The van der Waals surface area contributed by atoms with Crippen molar-refractivity contribution in [2.45, 2.75) is 174 Å². The molecular formula is C36H74NO10P. The van der Waals surface area contributed by atoms with Crippen LogP contribution in [0.5, 0.6) is 0 Å². The van der Waals surface area contributed by atoms with Crippen molar-refractivity contribution in [3.8, 4) is 0 Å². The average molecular weight is 712 g/mol. The Balaban J connectivity index is 0. The Morgan fingerprint density at radius 1 is 0.625 bits per heavy atom. The Bertz CT molecular complexity index is 730. The number of nitrogens with zero attached hydrogens (tertiary/aromatic N) is 1. The molecule has 0 aliphatic carbocycles. The second kappa shape index (κ2) is 34.4. The molecule has 0 amide bonds. The van der Waals surface area contributed by atoms with E-state index in [4.69, 9.17) is 19.6 Å². The number of ether oxygens (including phenoxy) is 2. The first-order valence-corrected chi connectivity index (χ1v) is 20.4. The highest BCUT2D eigenvalue weighted by atomic mass is 31.2. The minimum Gasteiger partial charge on any atom is -0.756 e. The van der Waals surface area contributed by atoms with Gasteiger partial charge in [0.25, 0.3) is 7.82 Å². The molecule has 0 radical (unpaired) electrons. The Hall–Kier alpha value is -1.07. The summed E-state index contributed by atoms with van der Waals surface area (Å²) in [6, 6.07) is 0. The summed E-state index contributed by atoms with van der Waals surface area (Å²) in [6.07, 6.45) is 27.0. The van der Waals surface area contributed by atoms with Gasteiger partial charge in [-0.05, 0) is 12.8 Å². The SMILES string of the molecule is CCCCCCCCCCCCCC(=O)OCC(COC(=O)CCCCCCCCCCCCC)OO.C[N+](C)(C)CCOP(=O)([O-])O. The number of carbonyl (C=O) groups excluding carboxylic acids is 2. The van der Waals surface area contributed by atoms with Gasteiger partial charge in [-0.3, -0.25) is 19.4 Å². The molecule has 0 aromatic carbocycles. The molecule has 2 N–H and O–H groups in total. The third-order valence-electron chi connectivity index (χ3n) is 7.99. The van der Waals surface area contributed by atoms with Gasteiger partial charge in [0.15, 0.2) is 6.10 Å². The van der Waals surface area contributed by atoms with Crippen LogP contribution in [-0.4, -0.2) is 80.2 Å².